The van der Waals surface area contributed by atoms with Gasteiger partial charge in [-0.15, -0.1) is 0 Å². The molecule has 0 bridgehead atoms. The number of halogens is 1. The highest BCUT2D eigenvalue weighted by Crippen LogP contribution is 2.39. The van der Waals surface area contributed by atoms with Crippen LogP contribution in [0.3, 0.4) is 0 Å². The van der Waals surface area contributed by atoms with Crippen LogP contribution in [0.4, 0.5) is 0 Å². The number of Topliss-reactive ketones (excluding diaryl/α,β-unsaturated/α-hetero) is 1. The van der Waals surface area contributed by atoms with Gasteiger partial charge in [-0.05, 0) is 42.9 Å². The molecule has 6 heteroatoms. The van der Waals surface area contributed by atoms with Crippen molar-refractivity contribution in [3.63, 3.8) is 0 Å². The third-order valence-corrected chi connectivity index (χ3v) is 5.58. The lowest BCUT2D eigenvalue weighted by Crippen LogP contribution is -2.38. The topological polar surface area (TPSA) is 60.9 Å². The van der Waals surface area contributed by atoms with Crippen LogP contribution >= 0.6 is 11.6 Å². The van der Waals surface area contributed by atoms with Crippen molar-refractivity contribution < 1.29 is 14.7 Å². The number of likely N-dealkylation sites (tertiary alicyclic amines) is 1. The molecule has 1 fully saturated rings. The van der Waals surface area contributed by atoms with Crippen LogP contribution in [-0.4, -0.2) is 52.8 Å². The smallest absolute Gasteiger partial charge is 0.295 e. The molecule has 0 aromatic heterocycles. The molecule has 3 rings (SSSR count). The van der Waals surface area contributed by atoms with Crippen molar-refractivity contribution in [2.75, 3.05) is 26.2 Å². The third-order valence-electron chi connectivity index (χ3n) is 5.32. The number of hydrogen-bond acceptors (Lipinski definition) is 4. The van der Waals surface area contributed by atoms with E-state index in [2.05, 4.69) is 18.7 Å². The largest absolute Gasteiger partial charge is 0.507 e. The second-order valence-electron chi connectivity index (χ2n) is 6.94. The molecule has 152 valence electrons. The Balaban J connectivity index is 2.06. The molecule has 0 aliphatic carbocycles. The SMILES string of the molecule is CCN(CC)CCN1C(=O)C(=O)/C(=C(/O)c2ccc(Cl)cc2)[C@@H]1c1ccccc1. The van der Waals surface area contributed by atoms with E-state index in [1.165, 1.54) is 0 Å². The van der Waals surface area contributed by atoms with Crippen molar-refractivity contribution in [2.24, 2.45) is 0 Å². The van der Waals surface area contributed by atoms with Crippen molar-refractivity contribution in [1.29, 1.82) is 0 Å². The molecule has 1 aliphatic heterocycles. The Kier molecular flexibility index (Phi) is 6.72. The Morgan fingerprint density at radius 3 is 2.24 bits per heavy atom. The maximum absolute atomic E-state index is 12.9. The van der Waals surface area contributed by atoms with Gasteiger partial charge in [0, 0.05) is 23.7 Å². The summed E-state index contributed by atoms with van der Waals surface area (Å²) in [6.07, 6.45) is 0. The molecule has 1 saturated heterocycles. The minimum Gasteiger partial charge on any atom is -0.507 e. The fourth-order valence-electron chi connectivity index (χ4n) is 3.64. The summed E-state index contributed by atoms with van der Waals surface area (Å²) in [5.74, 6) is -1.42. The number of ketones is 1. The number of likely N-dealkylation sites (N-methyl/N-ethyl adjacent to an activating group) is 1. The highest BCUT2D eigenvalue weighted by Gasteiger charge is 2.45. The van der Waals surface area contributed by atoms with Crippen LogP contribution in [0.2, 0.25) is 5.02 Å². The van der Waals surface area contributed by atoms with E-state index in [0.29, 0.717) is 23.7 Å². The number of aliphatic hydroxyl groups is 1. The predicted octanol–water partition coefficient (Wildman–Crippen LogP) is 4.10. The summed E-state index contributed by atoms with van der Waals surface area (Å²) in [6, 6.07) is 15.3. The number of rotatable bonds is 7. The van der Waals surface area contributed by atoms with Crippen LogP contribution < -0.4 is 0 Å². The summed E-state index contributed by atoms with van der Waals surface area (Å²) in [5.41, 5.74) is 1.36. The Bertz CT molecular complexity index is 905. The van der Waals surface area contributed by atoms with Gasteiger partial charge in [-0.3, -0.25) is 9.59 Å². The molecule has 0 radical (unpaired) electrons. The molecule has 0 saturated carbocycles. The number of amides is 1. The molecule has 29 heavy (non-hydrogen) atoms. The molecular formula is C23H25ClN2O3. The summed E-state index contributed by atoms with van der Waals surface area (Å²) < 4.78 is 0. The van der Waals surface area contributed by atoms with Crippen molar-refractivity contribution in [3.8, 4) is 0 Å². The molecule has 1 aliphatic rings. The Morgan fingerprint density at radius 2 is 1.66 bits per heavy atom. The van der Waals surface area contributed by atoms with Crippen molar-refractivity contribution >= 4 is 29.1 Å². The minimum atomic E-state index is -0.661. The van der Waals surface area contributed by atoms with Gasteiger partial charge in [0.2, 0.25) is 0 Å². The minimum absolute atomic E-state index is 0.114. The van der Waals surface area contributed by atoms with E-state index >= 15 is 0 Å². The monoisotopic (exact) mass is 412 g/mol. The zero-order chi connectivity index (χ0) is 21.0. The van der Waals surface area contributed by atoms with E-state index in [0.717, 1.165) is 18.7 Å². The highest BCUT2D eigenvalue weighted by atomic mass is 35.5. The second-order valence-corrected chi connectivity index (χ2v) is 7.37. The molecular weight excluding hydrogens is 388 g/mol. The number of carbonyl (C=O) groups is 2. The lowest BCUT2D eigenvalue weighted by Gasteiger charge is -2.28. The fourth-order valence-corrected chi connectivity index (χ4v) is 3.77. The van der Waals surface area contributed by atoms with Crippen LogP contribution in [0.15, 0.2) is 60.2 Å². The van der Waals surface area contributed by atoms with E-state index in [4.69, 9.17) is 11.6 Å². The molecule has 0 spiro atoms. The van der Waals surface area contributed by atoms with E-state index in [-0.39, 0.29) is 11.3 Å². The molecule has 1 amide bonds. The molecule has 2 aromatic rings. The van der Waals surface area contributed by atoms with Gasteiger partial charge >= 0.3 is 0 Å². The number of carbonyl (C=O) groups excluding carboxylic acids is 2. The van der Waals surface area contributed by atoms with Crippen LogP contribution in [0, 0.1) is 0 Å². The number of hydrogen-bond donors (Lipinski definition) is 1. The van der Waals surface area contributed by atoms with Crippen LogP contribution in [-0.2, 0) is 9.59 Å². The lowest BCUT2D eigenvalue weighted by molar-refractivity contribution is -0.140. The first-order chi connectivity index (χ1) is 14.0. The van der Waals surface area contributed by atoms with Crippen LogP contribution in [0.1, 0.15) is 31.0 Å². The summed E-state index contributed by atoms with van der Waals surface area (Å²) in [7, 11) is 0. The molecule has 0 unspecified atom stereocenters. The summed E-state index contributed by atoms with van der Waals surface area (Å²) in [5, 5.41) is 11.5. The van der Waals surface area contributed by atoms with Crippen molar-refractivity contribution in [2.45, 2.75) is 19.9 Å². The predicted molar refractivity (Wildman–Crippen MR) is 115 cm³/mol. The zero-order valence-electron chi connectivity index (χ0n) is 16.6. The van der Waals surface area contributed by atoms with E-state index in [1.807, 2.05) is 30.3 Å². The van der Waals surface area contributed by atoms with Crippen molar-refractivity contribution in [1.82, 2.24) is 9.80 Å². The van der Waals surface area contributed by atoms with E-state index in [9.17, 15) is 14.7 Å². The fraction of sp³-hybridized carbons (Fsp3) is 0.304. The van der Waals surface area contributed by atoms with Crippen molar-refractivity contribution in [3.05, 3.63) is 76.3 Å². The molecule has 5 nitrogen and oxygen atoms in total. The Morgan fingerprint density at radius 1 is 1.03 bits per heavy atom. The van der Waals surface area contributed by atoms with Gasteiger partial charge in [0.1, 0.15) is 5.76 Å². The maximum atomic E-state index is 12.9. The van der Waals surface area contributed by atoms with Crippen LogP contribution in [0.25, 0.3) is 5.76 Å². The highest BCUT2D eigenvalue weighted by molar-refractivity contribution is 6.46. The number of benzene rings is 2. The molecule has 1 N–H and O–H groups in total. The van der Waals surface area contributed by atoms with Gasteiger partial charge in [-0.25, -0.2) is 0 Å². The zero-order valence-corrected chi connectivity index (χ0v) is 17.4. The first kappa shape index (κ1) is 21.1. The Labute approximate surface area is 176 Å². The van der Waals surface area contributed by atoms with Gasteiger partial charge < -0.3 is 14.9 Å². The average Bonchev–Trinajstić information content (AvgIpc) is 3.00. The van der Waals surface area contributed by atoms with Gasteiger partial charge in [0.05, 0.1) is 11.6 Å². The van der Waals surface area contributed by atoms with E-state index in [1.54, 1.807) is 29.2 Å². The third kappa shape index (κ3) is 4.36. The normalized spacial score (nSPS) is 18.6. The summed E-state index contributed by atoms with van der Waals surface area (Å²) in [6.45, 7) is 6.91. The standard InChI is InChI=1S/C23H25ClN2O3/c1-3-25(4-2)14-15-26-20(16-8-6-5-7-9-16)19(22(28)23(26)29)21(27)17-10-12-18(24)13-11-17/h5-13,20,27H,3-4,14-15H2,1-2H3/b21-19+/t20-/m0/s1. The molecule has 2 aromatic carbocycles. The summed E-state index contributed by atoms with van der Waals surface area (Å²) in [4.78, 5) is 29.5. The quantitative estimate of drug-likeness (QED) is 0.422. The maximum Gasteiger partial charge on any atom is 0.295 e. The number of aliphatic hydroxyl groups excluding tert-OH is 1. The van der Waals surface area contributed by atoms with Gasteiger partial charge in [0.25, 0.3) is 11.7 Å². The molecule has 1 heterocycles. The van der Waals surface area contributed by atoms with Gasteiger partial charge in [-0.1, -0.05) is 55.8 Å². The van der Waals surface area contributed by atoms with E-state index < -0.39 is 17.7 Å². The average molecular weight is 413 g/mol. The first-order valence-electron chi connectivity index (χ1n) is 9.79. The van der Waals surface area contributed by atoms with Gasteiger partial charge in [-0.2, -0.15) is 0 Å². The lowest BCUT2D eigenvalue weighted by atomic mass is 9.95. The molecule has 1 atom stereocenters. The van der Waals surface area contributed by atoms with Crippen LogP contribution in [0.5, 0.6) is 0 Å². The Hall–Kier alpha value is -2.63. The van der Waals surface area contributed by atoms with Gasteiger partial charge in [0.15, 0.2) is 0 Å². The summed E-state index contributed by atoms with van der Waals surface area (Å²) >= 11 is 5.94. The first-order valence-corrected chi connectivity index (χ1v) is 10.2. The number of nitrogens with zero attached hydrogens (tertiary/aromatic N) is 2. The second kappa shape index (κ2) is 9.25.